The van der Waals surface area contributed by atoms with Crippen LogP contribution in [-0.2, 0) is 6.42 Å². The third-order valence-electron chi connectivity index (χ3n) is 6.16. The molecule has 29 heavy (non-hydrogen) atoms. The number of amides is 2. The van der Waals surface area contributed by atoms with E-state index in [1.54, 1.807) is 0 Å². The van der Waals surface area contributed by atoms with Crippen LogP contribution in [-0.4, -0.2) is 47.5 Å². The fraction of sp³-hybridized carbons (Fsp3) is 0.480. The highest BCUT2D eigenvalue weighted by Crippen LogP contribution is 2.32. The summed E-state index contributed by atoms with van der Waals surface area (Å²) in [6.07, 6.45) is 5.55. The van der Waals surface area contributed by atoms with Crippen molar-refractivity contribution >= 4 is 11.7 Å². The van der Waals surface area contributed by atoms with Gasteiger partial charge >= 0.3 is 6.03 Å². The Morgan fingerprint density at radius 2 is 1.59 bits per heavy atom. The Bertz CT molecular complexity index is 803. The van der Waals surface area contributed by atoms with E-state index in [1.807, 2.05) is 0 Å². The van der Waals surface area contributed by atoms with Crippen molar-refractivity contribution in [3.8, 4) is 0 Å². The lowest BCUT2D eigenvalue weighted by Crippen LogP contribution is -2.50. The van der Waals surface area contributed by atoms with Crippen molar-refractivity contribution in [1.29, 1.82) is 0 Å². The van der Waals surface area contributed by atoms with E-state index in [0.29, 0.717) is 12.1 Å². The molecule has 2 aromatic rings. The van der Waals surface area contributed by atoms with E-state index in [4.69, 9.17) is 0 Å². The quantitative estimate of drug-likeness (QED) is 0.751. The topological polar surface area (TPSA) is 35.6 Å². The molecule has 1 aliphatic heterocycles. The molecule has 1 N–H and O–H groups in total. The first-order chi connectivity index (χ1) is 14.1. The van der Waals surface area contributed by atoms with Gasteiger partial charge in [0.1, 0.15) is 0 Å². The van der Waals surface area contributed by atoms with Crippen LogP contribution in [0.1, 0.15) is 42.4 Å². The molecule has 0 spiro atoms. The Kier molecular flexibility index (Phi) is 6.19. The van der Waals surface area contributed by atoms with E-state index in [-0.39, 0.29) is 6.03 Å². The van der Waals surface area contributed by atoms with Crippen molar-refractivity contribution in [2.45, 2.75) is 58.0 Å². The summed E-state index contributed by atoms with van der Waals surface area (Å²) in [5.41, 5.74) is 4.69. The molecule has 4 heteroatoms. The predicted molar refractivity (Wildman–Crippen MR) is 119 cm³/mol. The zero-order valence-electron chi connectivity index (χ0n) is 17.7. The monoisotopic (exact) mass is 391 g/mol. The summed E-state index contributed by atoms with van der Waals surface area (Å²) in [4.78, 5) is 17.8. The van der Waals surface area contributed by atoms with Crippen molar-refractivity contribution in [1.82, 2.24) is 9.80 Å². The molecule has 2 aliphatic rings. The summed E-state index contributed by atoms with van der Waals surface area (Å²) in [5, 5.41) is 3.17. The second-order valence-corrected chi connectivity index (χ2v) is 8.75. The fourth-order valence-corrected chi connectivity index (χ4v) is 4.57. The second kappa shape index (κ2) is 9.00. The van der Waals surface area contributed by atoms with Gasteiger partial charge in [-0.1, -0.05) is 36.4 Å². The smallest absolute Gasteiger partial charge is 0.318 e. The summed E-state index contributed by atoms with van der Waals surface area (Å²) < 4.78 is 0. The van der Waals surface area contributed by atoms with Crippen molar-refractivity contribution in [2.24, 2.45) is 0 Å². The Labute approximate surface area is 174 Å². The van der Waals surface area contributed by atoms with Crippen LogP contribution in [0.15, 0.2) is 48.5 Å². The number of aryl methyl sites for hydroxylation is 2. The average Bonchev–Trinajstić information content (AvgIpc) is 3.52. The highest BCUT2D eigenvalue weighted by Gasteiger charge is 2.38. The largest absolute Gasteiger partial charge is 0.322 e. The first-order valence-corrected chi connectivity index (χ1v) is 11.0. The Morgan fingerprint density at radius 3 is 2.21 bits per heavy atom. The van der Waals surface area contributed by atoms with Crippen molar-refractivity contribution in [2.75, 3.05) is 25.0 Å². The van der Waals surface area contributed by atoms with Crippen LogP contribution in [0.25, 0.3) is 0 Å². The Morgan fingerprint density at radius 1 is 0.966 bits per heavy atom. The van der Waals surface area contributed by atoms with E-state index < -0.39 is 0 Å². The number of urea groups is 1. The van der Waals surface area contributed by atoms with Crippen LogP contribution >= 0.6 is 0 Å². The lowest BCUT2D eigenvalue weighted by atomic mass is 10.0. The Balaban J connectivity index is 1.32. The normalized spacial score (nSPS) is 17.9. The minimum absolute atomic E-state index is 0.0836. The van der Waals surface area contributed by atoms with Crippen LogP contribution in [0.4, 0.5) is 10.5 Å². The molecular formula is C25H33N3O. The molecule has 0 bridgehead atoms. The summed E-state index contributed by atoms with van der Waals surface area (Å²) in [7, 11) is 0. The van der Waals surface area contributed by atoms with Gasteiger partial charge in [0.05, 0.1) is 0 Å². The number of hydrogen-bond donors (Lipinski definition) is 1. The molecule has 1 heterocycles. The van der Waals surface area contributed by atoms with Crippen LogP contribution in [0.5, 0.6) is 0 Å². The molecule has 154 valence electrons. The molecule has 0 aromatic heterocycles. The molecule has 1 saturated carbocycles. The zero-order chi connectivity index (χ0) is 20.2. The molecule has 2 amide bonds. The van der Waals surface area contributed by atoms with Crippen molar-refractivity contribution in [3.05, 3.63) is 65.2 Å². The summed E-state index contributed by atoms with van der Waals surface area (Å²) in [6, 6.07) is 17.8. The molecular weight excluding hydrogens is 358 g/mol. The Hall–Kier alpha value is -2.33. The number of nitrogens with one attached hydrogen (secondary N) is 1. The maximum absolute atomic E-state index is 13.1. The number of carbonyl (C=O) groups is 1. The number of carbonyl (C=O) groups excluding carboxylic acids is 1. The summed E-state index contributed by atoms with van der Waals surface area (Å²) in [6.45, 7) is 7.42. The van der Waals surface area contributed by atoms with Gasteiger partial charge in [0.2, 0.25) is 0 Å². The number of hydrogen-bond acceptors (Lipinski definition) is 2. The van der Waals surface area contributed by atoms with E-state index >= 15 is 0 Å². The van der Waals surface area contributed by atoms with Gasteiger partial charge < -0.3 is 15.1 Å². The van der Waals surface area contributed by atoms with Crippen molar-refractivity contribution in [3.63, 3.8) is 0 Å². The number of piperidine rings is 1. The molecule has 1 saturated heterocycles. The van der Waals surface area contributed by atoms with Gasteiger partial charge in [-0.25, -0.2) is 4.79 Å². The maximum atomic E-state index is 13.1. The van der Waals surface area contributed by atoms with Gasteiger partial charge in [-0.15, -0.1) is 0 Å². The molecule has 0 radical (unpaired) electrons. The third kappa shape index (κ3) is 5.39. The van der Waals surface area contributed by atoms with Gasteiger partial charge in [-0.05, 0) is 74.8 Å². The highest BCUT2D eigenvalue weighted by molar-refractivity contribution is 5.90. The predicted octanol–water partition coefficient (Wildman–Crippen LogP) is 5.01. The third-order valence-corrected chi connectivity index (χ3v) is 6.16. The van der Waals surface area contributed by atoms with Gasteiger partial charge in [0.25, 0.3) is 0 Å². The first-order valence-electron chi connectivity index (χ1n) is 11.0. The summed E-state index contributed by atoms with van der Waals surface area (Å²) >= 11 is 0. The lowest BCUT2D eigenvalue weighted by Gasteiger charge is -2.38. The number of benzene rings is 2. The van der Waals surface area contributed by atoms with Crippen molar-refractivity contribution < 1.29 is 4.79 Å². The SMILES string of the molecule is Cc1cc(C)cc(NC(=O)N(C2CC2)C2CCN(CCc3ccccc3)CC2)c1. The van der Waals surface area contributed by atoms with Crippen LogP contribution in [0.3, 0.4) is 0 Å². The standard InChI is InChI=1S/C25H33N3O/c1-19-16-20(2)18-22(17-19)26-25(29)28(23-8-9-23)24-11-14-27(15-12-24)13-10-21-6-4-3-5-7-21/h3-7,16-18,23-24H,8-15H2,1-2H3,(H,26,29). The number of rotatable bonds is 6. The van der Waals surface area contributed by atoms with E-state index in [9.17, 15) is 4.79 Å². The minimum atomic E-state index is 0.0836. The molecule has 0 atom stereocenters. The minimum Gasteiger partial charge on any atom is -0.318 e. The number of nitrogens with zero attached hydrogens (tertiary/aromatic N) is 2. The molecule has 1 aliphatic carbocycles. The van der Waals surface area contributed by atoms with Gasteiger partial charge in [0, 0.05) is 37.4 Å². The van der Waals surface area contributed by atoms with E-state index in [2.05, 4.69) is 77.5 Å². The zero-order valence-corrected chi connectivity index (χ0v) is 17.7. The molecule has 4 nitrogen and oxygen atoms in total. The van der Waals surface area contributed by atoms with Crippen LogP contribution in [0, 0.1) is 13.8 Å². The van der Waals surface area contributed by atoms with E-state index in [0.717, 1.165) is 57.4 Å². The molecule has 2 fully saturated rings. The average molecular weight is 392 g/mol. The van der Waals surface area contributed by atoms with Gasteiger partial charge in [0.15, 0.2) is 0 Å². The van der Waals surface area contributed by atoms with Crippen LogP contribution < -0.4 is 5.32 Å². The van der Waals surface area contributed by atoms with E-state index in [1.165, 1.54) is 16.7 Å². The molecule has 4 rings (SSSR count). The van der Waals surface area contributed by atoms with Crippen LogP contribution in [0.2, 0.25) is 0 Å². The number of likely N-dealkylation sites (tertiary alicyclic amines) is 1. The second-order valence-electron chi connectivity index (χ2n) is 8.75. The highest BCUT2D eigenvalue weighted by atomic mass is 16.2. The fourth-order valence-electron chi connectivity index (χ4n) is 4.57. The summed E-state index contributed by atoms with van der Waals surface area (Å²) in [5.74, 6) is 0. The van der Waals surface area contributed by atoms with Gasteiger partial charge in [-0.3, -0.25) is 0 Å². The number of anilines is 1. The van der Waals surface area contributed by atoms with Gasteiger partial charge in [-0.2, -0.15) is 0 Å². The molecule has 0 unspecified atom stereocenters. The lowest BCUT2D eigenvalue weighted by molar-refractivity contribution is 0.123. The maximum Gasteiger partial charge on any atom is 0.322 e. The molecule has 2 aromatic carbocycles. The first kappa shape index (κ1) is 20.0.